The zero-order valence-electron chi connectivity index (χ0n) is 23.2. The number of fused-ring (bicyclic) bond motifs is 2. The number of benzene rings is 3. The van der Waals surface area contributed by atoms with Crippen LogP contribution in [0.1, 0.15) is 40.9 Å². The number of para-hydroxylation sites is 1. The number of hydrogen-bond acceptors (Lipinski definition) is 5. The first kappa shape index (κ1) is 27.0. The summed E-state index contributed by atoms with van der Waals surface area (Å²) >= 11 is 0. The summed E-state index contributed by atoms with van der Waals surface area (Å²) in [5, 5.41) is 1.78. The molecule has 2 amide bonds. The van der Waals surface area contributed by atoms with Crippen molar-refractivity contribution in [1.82, 2.24) is 14.8 Å². The number of amides is 2. The molecule has 0 N–H and O–H groups in total. The zero-order valence-corrected chi connectivity index (χ0v) is 23.2. The van der Waals surface area contributed by atoms with Crippen molar-refractivity contribution < 1.29 is 19.1 Å². The second-order valence-corrected chi connectivity index (χ2v) is 10.8. The number of carbonyl (C=O) groups excluding carboxylic acids is 2. The number of carbonyl (C=O) groups is 2. The van der Waals surface area contributed by atoms with Gasteiger partial charge in [-0.1, -0.05) is 72.8 Å². The molecule has 0 aliphatic carbocycles. The summed E-state index contributed by atoms with van der Waals surface area (Å²) in [5.41, 5.74) is 1.48. The van der Waals surface area contributed by atoms with E-state index in [1.54, 1.807) is 11.1 Å². The van der Waals surface area contributed by atoms with Crippen LogP contribution in [0.2, 0.25) is 0 Å². The van der Waals surface area contributed by atoms with Gasteiger partial charge in [-0.15, -0.1) is 0 Å². The molecule has 0 bridgehead atoms. The predicted octanol–water partition coefficient (Wildman–Crippen LogP) is 5.28. The molecule has 210 valence electrons. The minimum Gasteiger partial charge on any atom is -0.491 e. The van der Waals surface area contributed by atoms with Gasteiger partial charge in [0.05, 0.1) is 19.7 Å². The maximum Gasteiger partial charge on any atom is 0.273 e. The van der Waals surface area contributed by atoms with Crippen molar-refractivity contribution in [2.75, 3.05) is 32.8 Å². The van der Waals surface area contributed by atoms with Crippen LogP contribution in [0, 0.1) is 0 Å². The minimum absolute atomic E-state index is 0.0952. The average molecular weight is 550 g/mol. The number of pyridine rings is 1. The summed E-state index contributed by atoms with van der Waals surface area (Å²) in [6.45, 7) is 2.11. The lowest BCUT2D eigenvalue weighted by molar-refractivity contribution is -0.171. The van der Waals surface area contributed by atoms with E-state index in [2.05, 4.69) is 11.1 Å². The molecule has 1 spiro atoms. The number of ether oxygens (including phenoxy) is 2. The second kappa shape index (κ2) is 12.1. The standard InChI is InChI=1S/C34H35N3O4/c38-32(31-29-15-6-4-12-27(29)17-19-35-31)37-21-23-41-34(25-37)18-9-8-14-28-13-5-7-16-30(28)40-22-20-36(33(34)39)24-26-10-2-1-3-11-26/h1-7,10-13,15-17,19H,8-9,14,18,20-25H2. The Hall–Kier alpha value is -4.23. The van der Waals surface area contributed by atoms with Gasteiger partial charge >= 0.3 is 0 Å². The van der Waals surface area contributed by atoms with Crippen LogP contribution in [0.25, 0.3) is 10.8 Å². The normalized spacial score (nSPS) is 20.1. The van der Waals surface area contributed by atoms with Gasteiger partial charge in [-0.2, -0.15) is 0 Å². The summed E-state index contributed by atoms with van der Waals surface area (Å²) in [4.78, 5) is 36.5. The molecule has 1 fully saturated rings. The lowest BCUT2D eigenvalue weighted by Gasteiger charge is -2.44. The number of morpholine rings is 1. The van der Waals surface area contributed by atoms with Crippen LogP contribution in [0.3, 0.4) is 0 Å². The van der Waals surface area contributed by atoms with Crippen LogP contribution in [-0.2, 0) is 22.5 Å². The van der Waals surface area contributed by atoms with Crippen LogP contribution in [0.5, 0.6) is 5.75 Å². The van der Waals surface area contributed by atoms with Crippen molar-refractivity contribution in [2.45, 2.75) is 37.8 Å². The second-order valence-electron chi connectivity index (χ2n) is 10.8. The van der Waals surface area contributed by atoms with E-state index >= 15 is 0 Å². The Bertz CT molecular complexity index is 1520. The quantitative estimate of drug-likeness (QED) is 0.348. The smallest absolute Gasteiger partial charge is 0.273 e. The first-order valence-electron chi connectivity index (χ1n) is 14.4. The van der Waals surface area contributed by atoms with E-state index in [0.29, 0.717) is 45.0 Å². The van der Waals surface area contributed by atoms with Gasteiger partial charge in [-0.3, -0.25) is 14.6 Å². The van der Waals surface area contributed by atoms with Crippen molar-refractivity contribution in [3.8, 4) is 5.75 Å². The molecule has 41 heavy (non-hydrogen) atoms. The molecular weight excluding hydrogens is 514 g/mol. The van der Waals surface area contributed by atoms with Crippen LogP contribution >= 0.6 is 0 Å². The highest BCUT2D eigenvalue weighted by molar-refractivity contribution is 6.05. The Kier molecular flexibility index (Phi) is 7.96. The number of nitrogens with zero attached hydrogens (tertiary/aromatic N) is 3. The van der Waals surface area contributed by atoms with Gasteiger partial charge in [0.2, 0.25) is 0 Å². The molecular formula is C34H35N3O4. The molecule has 2 aliphatic rings. The molecule has 7 heteroatoms. The maximum atomic E-state index is 14.5. The summed E-state index contributed by atoms with van der Waals surface area (Å²) in [6.07, 6.45) is 4.74. The van der Waals surface area contributed by atoms with E-state index in [-0.39, 0.29) is 18.4 Å². The third kappa shape index (κ3) is 5.81. The number of hydrogen-bond donors (Lipinski definition) is 0. The third-order valence-electron chi connectivity index (χ3n) is 8.11. The summed E-state index contributed by atoms with van der Waals surface area (Å²) in [7, 11) is 0. The van der Waals surface area contributed by atoms with Crippen LogP contribution in [0.4, 0.5) is 0 Å². The van der Waals surface area contributed by atoms with Crippen LogP contribution in [0.15, 0.2) is 91.1 Å². The van der Waals surface area contributed by atoms with Crippen molar-refractivity contribution in [3.05, 3.63) is 108 Å². The lowest BCUT2D eigenvalue weighted by atomic mass is 9.90. The maximum absolute atomic E-state index is 14.5. The monoisotopic (exact) mass is 549 g/mol. The Balaban J connectivity index is 1.31. The van der Waals surface area contributed by atoms with E-state index in [4.69, 9.17) is 9.47 Å². The highest BCUT2D eigenvalue weighted by Gasteiger charge is 2.47. The number of aryl methyl sites for hydroxylation is 1. The highest BCUT2D eigenvalue weighted by atomic mass is 16.5. The SMILES string of the molecule is O=C(c1nccc2ccccc12)N1CCOC2(CCCCc3ccccc3OCCN(Cc3ccccc3)C2=O)C1. The van der Waals surface area contributed by atoms with E-state index in [1.807, 2.05) is 83.8 Å². The van der Waals surface area contributed by atoms with E-state index in [0.717, 1.165) is 41.3 Å². The minimum atomic E-state index is -1.13. The van der Waals surface area contributed by atoms with Gasteiger partial charge in [0.1, 0.15) is 18.1 Å². The van der Waals surface area contributed by atoms with Gasteiger partial charge < -0.3 is 19.3 Å². The topological polar surface area (TPSA) is 72.0 Å². The molecule has 0 radical (unpaired) electrons. The molecule has 3 aromatic carbocycles. The summed E-state index contributed by atoms with van der Waals surface area (Å²) < 4.78 is 12.6. The van der Waals surface area contributed by atoms with E-state index in [9.17, 15) is 9.59 Å². The fourth-order valence-electron chi connectivity index (χ4n) is 5.97. The fraction of sp³-hybridized carbons (Fsp3) is 0.324. The van der Waals surface area contributed by atoms with Crippen molar-refractivity contribution in [3.63, 3.8) is 0 Å². The van der Waals surface area contributed by atoms with Gasteiger partial charge in [0.25, 0.3) is 11.8 Å². The van der Waals surface area contributed by atoms with Crippen molar-refractivity contribution in [2.24, 2.45) is 0 Å². The number of aromatic nitrogens is 1. The molecule has 2 aliphatic heterocycles. The molecule has 1 unspecified atom stereocenters. The number of rotatable bonds is 3. The first-order chi connectivity index (χ1) is 20.1. The molecule has 0 saturated carbocycles. The van der Waals surface area contributed by atoms with Crippen LogP contribution in [-0.4, -0.2) is 65.0 Å². The zero-order chi connectivity index (χ0) is 28.1. The fourth-order valence-corrected chi connectivity index (χ4v) is 5.97. The van der Waals surface area contributed by atoms with Crippen molar-refractivity contribution >= 4 is 22.6 Å². The molecule has 6 rings (SSSR count). The largest absolute Gasteiger partial charge is 0.491 e. The molecule has 3 heterocycles. The summed E-state index contributed by atoms with van der Waals surface area (Å²) in [6, 6.07) is 27.8. The Morgan fingerprint density at radius 3 is 2.59 bits per heavy atom. The highest BCUT2D eigenvalue weighted by Crippen LogP contribution is 2.31. The Morgan fingerprint density at radius 1 is 0.878 bits per heavy atom. The molecule has 1 aromatic heterocycles. The van der Waals surface area contributed by atoms with Gasteiger partial charge in [0, 0.05) is 24.7 Å². The molecule has 1 atom stereocenters. The van der Waals surface area contributed by atoms with Gasteiger partial charge in [-0.05, 0) is 54.3 Å². The summed E-state index contributed by atoms with van der Waals surface area (Å²) in [5.74, 6) is 0.612. The van der Waals surface area contributed by atoms with Crippen LogP contribution < -0.4 is 4.74 Å². The third-order valence-corrected chi connectivity index (χ3v) is 8.11. The van der Waals surface area contributed by atoms with Gasteiger partial charge in [-0.25, -0.2) is 0 Å². The Labute approximate surface area is 240 Å². The van der Waals surface area contributed by atoms with E-state index in [1.165, 1.54) is 5.56 Å². The molecule has 1 saturated heterocycles. The van der Waals surface area contributed by atoms with E-state index < -0.39 is 5.60 Å². The molecule has 4 aromatic rings. The first-order valence-corrected chi connectivity index (χ1v) is 14.4. The predicted molar refractivity (Wildman–Crippen MR) is 158 cm³/mol. The lowest BCUT2D eigenvalue weighted by Crippen LogP contribution is -2.62. The average Bonchev–Trinajstić information content (AvgIpc) is 3.02. The Morgan fingerprint density at radius 2 is 1.68 bits per heavy atom. The van der Waals surface area contributed by atoms with Gasteiger partial charge in [0.15, 0.2) is 5.60 Å². The van der Waals surface area contributed by atoms with Crippen molar-refractivity contribution in [1.29, 1.82) is 0 Å². The molecule has 7 nitrogen and oxygen atoms in total.